The Labute approximate surface area is 185 Å². The molecule has 1 fully saturated rings. The number of nitrogens with zero attached hydrogens (tertiary/aromatic N) is 3. The van der Waals surface area contributed by atoms with Gasteiger partial charge in [-0.2, -0.15) is 4.31 Å². The Kier molecular flexibility index (Phi) is 6.02. The minimum atomic E-state index is -4.23. The fourth-order valence-corrected chi connectivity index (χ4v) is 6.05. The van der Waals surface area contributed by atoms with E-state index in [0.29, 0.717) is 34.6 Å². The number of amides is 1. The molecular weight excluding hydrogens is 470 g/mol. The van der Waals surface area contributed by atoms with Gasteiger partial charge in [-0.05, 0) is 49.2 Å². The zero-order valence-electron chi connectivity index (χ0n) is 15.8. The van der Waals surface area contributed by atoms with Gasteiger partial charge in [-0.3, -0.25) is 4.79 Å². The van der Waals surface area contributed by atoms with Crippen molar-refractivity contribution in [1.82, 2.24) is 14.5 Å². The van der Waals surface area contributed by atoms with Gasteiger partial charge < -0.3 is 5.32 Å². The van der Waals surface area contributed by atoms with Crippen LogP contribution in [0.15, 0.2) is 47.4 Å². The van der Waals surface area contributed by atoms with E-state index < -0.39 is 38.5 Å². The SMILES string of the molecule is O=C(Nc1ccc(Cl)cc1)c1nnc([C@H]2CCCN2S(=O)(=O)c2ccc(F)cc2F)s1. The van der Waals surface area contributed by atoms with E-state index in [-0.39, 0.29) is 11.6 Å². The van der Waals surface area contributed by atoms with Crippen molar-refractivity contribution >= 4 is 44.6 Å². The maximum Gasteiger partial charge on any atom is 0.286 e. The average Bonchev–Trinajstić information content (AvgIpc) is 3.39. The smallest absolute Gasteiger partial charge is 0.286 e. The van der Waals surface area contributed by atoms with Crippen LogP contribution in [0.3, 0.4) is 0 Å². The lowest BCUT2D eigenvalue weighted by atomic mass is 10.2. The molecule has 162 valence electrons. The predicted molar refractivity (Wildman–Crippen MR) is 112 cm³/mol. The van der Waals surface area contributed by atoms with Gasteiger partial charge in [-0.25, -0.2) is 17.2 Å². The first-order chi connectivity index (χ1) is 14.8. The number of rotatable bonds is 5. The Morgan fingerprint density at radius 1 is 1.16 bits per heavy atom. The number of hydrogen-bond donors (Lipinski definition) is 1. The van der Waals surface area contributed by atoms with Crippen molar-refractivity contribution in [2.75, 3.05) is 11.9 Å². The third-order valence-electron chi connectivity index (χ3n) is 4.71. The highest BCUT2D eigenvalue weighted by atomic mass is 35.5. The fraction of sp³-hybridized carbons (Fsp3) is 0.211. The van der Waals surface area contributed by atoms with E-state index in [9.17, 15) is 22.0 Å². The van der Waals surface area contributed by atoms with E-state index >= 15 is 0 Å². The summed E-state index contributed by atoms with van der Waals surface area (Å²) in [6.45, 7) is 0.149. The molecule has 0 bridgehead atoms. The summed E-state index contributed by atoms with van der Waals surface area (Å²) < 4.78 is 54.4. The molecule has 0 unspecified atom stereocenters. The van der Waals surface area contributed by atoms with Gasteiger partial charge >= 0.3 is 0 Å². The van der Waals surface area contributed by atoms with Gasteiger partial charge in [-0.15, -0.1) is 10.2 Å². The second-order valence-corrected chi connectivity index (χ2v) is 10.1. The van der Waals surface area contributed by atoms with Crippen molar-refractivity contribution in [1.29, 1.82) is 0 Å². The number of halogens is 3. The van der Waals surface area contributed by atoms with Crippen molar-refractivity contribution < 1.29 is 22.0 Å². The molecule has 0 radical (unpaired) electrons. The normalized spacial score (nSPS) is 17.1. The molecule has 0 aliphatic carbocycles. The minimum absolute atomic E-state index is 0.0576. The summed E-state index contributed by atoms with van der Waals surface area (Å²) in [5, 5.41) is 11.4. The highest BCUT2D eigenvalue weighted by molar-refractivity contribution is 7.89. The molecule has 0 spiro atoms. The molecule has 3 aromatic rings. The number of anilines is 1. The molecule has 1 aliphatic rings. The van der Waals surface area contributed by atoms with Crippen molar-refractivity contribution in [2.45, 2.75) is 23.8 Å². The largest absolute Gasteiger partial charge is 0.320 e. The van der Waals surface area contributed by atoms with E-state index in [4.69, 9.17) is 11.6 Å². The highest BCUT2D eigenvalue weighted by Crippen LogP contribution is 2.38. The molecule has 1 amide bonds. The van der Waals surface area contributed by atoms with Gasteiger partial charge in [0.05, 0.1) is 6.04 Å². The molecular formula is C19H15ClF2N4O3S2. The van der Waals surface area contributed by atoms with Crippen LogP contribution in [0.1, 0.15) is 33.7 Å². The minimum Gasteiger partial charge on any atom is -0.320 e. The first kappa shape index (κ1) is 21.8. The quantitative estimate of drug-likeness (QED) is 0.584. The number of carbonyl (C=O) groups excluding carboxylic acids is 1. The monoisotopic (exact) mass is 484 g/mol. The molecule has 1 atom stereocenters. The number of carbonyl (C=O) groups is 1. The van der Waals surface area contributed by atoms with Gasteiger partial charge in [0, 0.05) is 23.3 Å². The van der Waals surface area contributed by atoms with E-state index in [0.717, 1.165) is 27.8 Å². The summed E-state index contributed by atoms with van der Waals surface area (Å²) in [6.07, 6.45) is 0.966. The fourth-order valence-electron chi connectivity index (χ4n) is 3.26. The Hall–Kier alpha value is -2.47. The van der Waals surface area contributed by atoms with Gasteiger partial charge in [0.2, 0.25) is 15.0 Å². The summed E-state index contributed by atoms with van der Waals surface area (Å²) in [7, 11) is -4.23. The third-order valence-corrected chi connectivity index (χ3v) is 7.92. The molecule has 1 N–H and O–H groups in total. The van der Waals surface area contributed by atoms with Crippen molar-refractivity contribution in [2.24, 2.45) is 0 Å². The van der Waals surface area contributed by atoms with Crippen molar-refractivity contribution in [3.63, 3.8) is 0 Å². The zero-order valence-corrected chi connectivity index (χ0v) is 18.1. The molecule has 1 aliphatic heterocycles. The Morgan fingerprint density at radius 2 is 1.90 bits per heavy atom. The van der Waals surface area contributed by atoms with Crippen LogP contribution in [0, 0.1) is 11.6 Å². The second-order valence-electron chi connectivity index (χ2n) is 6.75. The topological polar surface area (TPSA) is 92.3 Å². The summed E-state index contributed by atoms with van der Waals surface area (Å²) in [6, 6.07) is 8.14. The van der Waals surface area contributed by atoms with Crippen LogP contribution in [0.2, 0.25) is 5.02 Å². The van der Waals surface area contributed by atoms with E-state index in [1.165, 1.54) is 0 Å². The van der Waals surface area contributed by atoms with Gasteiger partial charge in [-0.1, -0.05) is 22.9 Å². The molecule has 2 aromatic carbocycles. The second kappa shape index (κ2) is 8.58. The van der Waals surface area contributed by atoms with Crippen LogP contribution in [0.4, 0.5) is 14.5 Å². The van der Waals surface area contributed by atoms with Crippen LogP contribution in [0.25, 0.3) is 0 Å². The molecule has 0 saturated carbocycles. The number of nitrogens with one attached hydrogen (secondary N) is 1. The van der Waals surface area contributed by atoms with Gasteiger partial charge in [0.25, 0.3) is 5.91 Å². The van der Waals surface area contributed by atoms with Crippen molar-refractivity contribution in [3.05, 3.63) is 69.1 Å². The Bertz CT molecular complexity index is 1240. The lowest BCUT2D eigenvalue weighted by molar-refractivity contribution is 0.102. The van der Waals surface area contributed by atoms with Gasteiger partial charge in [0.15, 0.2) is 0 Å². The molecule has 1 saturated heterocycles. The highest BCUT2D eigenvalue weighted by Gasteiger charge is 2.39. The summed E-state index contributed by atoms with van der Waals surface area (Å²) in [5.74, 6) is -2.52. The van der Waals surface area contributed by atoms with E-state index in [2.05, 4.69) is 15.5 Å². The van der Waals surface area contributed by atoms with Crippen molar-refractivity contribution in [3.8, 4) is 0 Å². The third kappa shape index (κ3) is 4.45. The summed E-state index contributed by atoms with van der Waals surface area (Å²) in [4.78, 5) is 11.8. The van der Waals surface area contributed by atoms with Crippen LogP contribution in [-0.4, -0.2) is 35.4 Å². The molecule has 31 heavy (non-hydrogen) atoms. The van der Waals surface area contributed by atoms with E-state index in [1.807, 2.05) is 0 Å². The molecule has 4 rings (SSSR count). The lowest BCUT2D eigenvalue weighted by Crippen LogP contribution is -2.31. The lowest BCUT2D eigenvalue weighted by Gasteiger charge is -2.22. The van der Waals surface area contributed by atoms with E-state index in [1.54, 1.807) is 24.3 Å². The first-order valence-electron chi connectivity index (χ1n) is 9.13. The predicted octanol–water partition coefficient (Wildman–Crippen LogP) is 4.25. The number of aromatic nitrogens is 2. The molecule has 7 nitrogen and oxygen atoms in total. The Balaban J connectivity index is 1.56. The van der Waals surface area contributed by atoms with Gasteiger partial charge in [0.1, 0.15) is 21.5 Å². The number of sulfonamides is 1. The Morgan fingerprint density at radius 3 is 2.61 bits per heavy atom. The van der Waals surface area contributed by atoms with Crippen LogP contribution in [-0.2, 0) is 10.0 Å². The number of hydrogen-bond acceptors (Lipinski definition) is 6. The first-order valence-corrected chi connectivity index (χ1v) is 11.8. The number of benzene rings is 2. The summed E-state index contributed by atoms with van der Waals surface area (Å²) >= 11 is 6.79. The zero-order chi connectivity index (χ0) is 22.2. The van der Waals surface area contributed by atoms with Crippen LogP contribution in [0.5, 0.6) is 0 Å². The average molecular weight is 485 g/mol. The maximum absolute atomic E-state index is 14.1. The maximum atomic E-state index is 14.1. The standard InChI is InChI=1S/C19H15ClF2N4O3S2/c20-11-3-6-13(7-4-11)23-17(27)19-25-24-18(30-19)15-2-1-9-26(15)31(28,29)16-8-5-12(21)10-14(16)22/h3-8,10,15H,1-2,9H2,(H,23,27)/t15-/m1/s1. The molecule has 12 heteroatoms. The summed E-state index contributed by atoms with van der Waals surface area (Å²) in [5.41, 5.74) is 0.517. The molecule has 2 heterocycles. The van der Waals surface area contributed by atoms with Crippen LogP contribution < -0.4 is 5.32 Å². The molecule has 1 aromatic heterocycles. The van der Waals surface area contributed by atoms with Crippen LogP contribution >= 0.6 is 22.9 Å².